The number of hydrogen-bond donors (Lipinski definition) is 1. The number of rotatable bonds is 5. The van der Waals surface area contributed by atoms with Gasteiger partial charge in [0.15, 0.2) is 16.7 Å². The molecule has 3 aromatic rings. The Labute approximate surface area is 208 Å². The van der Waals surface area contributed by atoms with E-state index in [1.54, 1.807) is 4.90 Å². The minimum atomic E-state index is -0.585. The summed E-state index contributed by atoms with van der Waals surface area (Å²) in [5.74, 6) is 0.983. The van der Waals surface area contributed by atoms with E-state index < -0.39 is 5.25 Å². The molecule has 1 atom stereocenters. The predicted molar refractivity (Wildman–Crippen MR) is 137 cm³/mol. The molecule has 2 amide bonds. The topological polar surface area (TPSA) is 80.2 Å². The van der Waals surface area contributed by atoms with Crippen LogP contribution in [0.1, 0.15) is 23.1 Å². The van der Waals surface area contributed by atoms with E-state index in [0.717, 1.165) is 22.4 Å². The van der Waals surface area contributed by atoms with E-state index in [1.165, 1.54) is 11.8 Å². The van der Waals surface area contributed by atoms with E-state index in [9.17, 15) is 9.59 Å². The van der Waals surface area contributed by atoms with Crippen LogP contribution in [0.5, 0.6) is 11.5 Å². The van der Waals surface area contributed by atoms with Gasteiger partial charge in [-0.25, -0.2) is 4.99 Å². The number of benzene rings is 3. The highest BCUT2D eigenvalue weighted by molar-refractivity contribution is 8.15. The highest BCUT2D eigenvalue weighted by Crippen LogP contribution is 2.35. The van der Waals surface area contributed by atoms with Gasteiger partial charge in [0.05, 0.1) is 12.2 Å². The van der Waals surface area contributed by atoms with Gasteiger partial charge in [-0.15, -0.1) is 0 Å². The summed E-state index contributed by atoms with van der Waals surface area (Å²) in [6.45, 7) is 4.47. The maximum atomic E-state index is 13.3. The van der Waals surface area contributed by atoms with E-state index in [-0.39, 0.29) is 25.0 Å². The van der Waals surface area contributed by atoms with E-state index in [2.05, 4.69) is 5.32 Å². The summed E-state index contributed by atoms with van der Waals surface area (Å²) < 4.78 is 10.9. The van der Waals surface area contributed by atoms with Crippen LogP contribution < -0.4 is 14.8 Å². The molecule has 1 saturated heterocycles. The second kappa shape index (κ2) is 9.84. The minimum absolute atomic E-state index is 0.0831. The van der Waals surface area contributed by atoms with Crippen LogP contribution in [0.25, 0.3) is 0 Å². The highest BCUT2D eigenvalue weighted by Gasteiger charge is 2.36. The van der Waals surface area contributed by atoms with Crippen molar-refractivity contribution in [3.8, 4) is 11.5 Å². The maximum Gasteiger partial charge on any atom is 0.238 e. The Balaban J connectivity index is 1.40. The van der Waals surface area contributed by atoms with Gasteiger partial charge in [0.2, 0.25) is 18.6 Å². The average molecular weight is 488 g/mol. The van der Waals surface area contributed by atoms with Crippen LogP contribution in [0.4, 0.5) is 11.4 Å². The fourth-order valence-electron chi connectivity index (χ4n) is 4.00. The first-order valence-corrected chi connectivity index (χ1v) is 12.2. The first kappa shape index (κ1) is 23.0. The number of carbonyl (C=O) groups excluding carboxylic acids is 2. The van der Waals surface area contributed by atoms with Crippen LogP contribution in [0.3, 0.4) is 0 Å². The molecule has 0 spiro atoms. The van der Waals surface area contributed by atoms with Crippen molar-refractivity contribution in [3.63, 3.8) is 0 Å². The van der Waals surface area contributed by atoms with Crippen molar-refractivity contribution in [2.24, 2.45) is 4.99 Å². The molecule has 1 unspecified atom stereocenters. The summed E-state index contributed by atoms with van der Waals surface area (Å²) in [5.41, 5.74) is 4.46. The molecule has 0 saturated carbocycles. The van der Waals surface area contributed by atoms with E-state index in [0.29, 0.717) is 28.9 Å². The van der Waals surface area contributed by atoms with Crippen molar-refractivity contribution in [2.45, 2.75) is 32.1 Å². The Hall–Kier alpha value is -3.78. The van der Waals surface area contributed by atoms with Crippen LogP contribution in [-0.2, 0) is 16.1 Å². The van der Waals surface area contributed by atoms with Crippen molar-refractivity contribution >= 4 is 40.1 Å². The number of ether oxygens (including phenoxy) is 2. The molecule has 0 bridgehead atoms. The van der Waals surface area contributed by atoms with Crippen molar-refractivity contribution in [1.82, 2.24) is 4.90 Å². The summed E-state index contributed by atoms with van der Waals surface area (Å²) in [6.07, 6.45) is 0.0831. The molecule has 8 heteroatoms. The molecule has 1 fully saturated rings. The molecule has 2 aliphatic rings. The summed E-state index contributed by atoms with van der Waals surface area (Å²) in [4.78, 5) is 32.8. The summed E-state index contributed by atoms with van der Waals surface area (Å²) in [6, 6.07) is 20.9. The molecule has 0 aliphatic carbocycles. The molecule has 178 valence electrons. The molecule has 0 radical (unpaired) electrons. The Morgan fingerprint density at radius 2 is 1.86 bits per heavy atom. The standard InChI is InChI=1S/C27H25N3O4S/c1-17-8-10-21(18(2)12-17)29-26(32)24-14-25(31)30(27(35-24)28-20-6-4-3-5-7-20)15-19-9-11-22-23(13-19)34-16-33-22/h3-13,24H,14-16H2,1-2H3,(H,29,32). The van der Waals surface area contributed by atoms with Crippen LogP contribution in [-0.4, -0.2) is 33.9 Å². The van der Waals surface area contributed by atoms with Crippen molar-refractivity contribution in [1.29, 1.82) is 0 Å². The Morgan fingerprint density at radius 3 is 2.66 bits per heavy atom. The quantitative estimate of drug-likeness (QED) is 0.536. The largest absolute Gasteiger partial charge is 0.454 e. The van der Waals surface area contributed by atoms with E-state index in [1.807, 2.05) is 80.6 Å². The number of carbonyl (C=O) groups is 2. The molecule has 5 rings (SSSR count). The van der Waals surface area contributed by atoms with Crippen molar-refractivity contribution in [2.75, 3.05) is 12.1 Å². The number of thioether (sulfide) groups is 1. The molecule has 35 heavy (non-hydrogen) atoms. The number of aryl methyl sites for hydroxylation is 2. The number of amidine groups is 1. The first-order chi connectivity index (χ1) is 17.0. The smallest absolute Gasteiger partial charge is 0.238 e. The Bertz CT molecular complexity index is 1310. The lowest BCUT2D eigenvalue weighted by molar-refractivity contribution is -0.129. The SMILES string of the molecule is Cc1ccc(NC(=O)C2CC(=O)N(Cc3ccc4c(c3)OCO4)C(=Nc3ccccc3)S2)c(C)c1. The van der Waals surface area contributed by atoms with E-state index in [4.69, 9.17) is 14.5 Å². The van der Waals surface area contributed by atoms with E-state index >= 15 is 0 Å². The number of anilines is 1. The van der Waals surface area contributed by atoms with Gasteiger partial charge in [-0.1, -0.05) is 53.7 Å². The number of fused-ring (bicyclic) bond motifs is 1. The third-order valence-electron chi connectivity index (χ3n) is 5.83. The van der Waals surface area contributed by atoms with Gasteiger partial charge in [0, 0.05) is 12.1 Å². The van der Waals surface area contributed by atoms with Gasteiger partial charge in [0.1, 0.15) is 5.25 Å². The monoisotopic (exact) mass is 487 g/mol. The number of nitrogens with one attached hydrogen (secondary N) is 1. The molecular weight excluding hydrogens is 462 g/mol. The number of para-hydroxylation sites is 1. The van der Waals surface area contributed by atoms with Gasteiger partial charge in [-0.2, -0.15) is 0 Å². The molecule has 2 heterocycles. The highest BCUT2D eigenvalue weighted by atomic mass is 32.2. The lowest BCUT2D eigenvalue weighted by Crippen LogP contribution is -2.44. The molecular formula is C27H25N3O4S. The predicted octanol–water partition coefficient (Wildman–Crippen LogP) is 5.19. The van der Waals surface area contributed by atoms with Crippen molar-refractivity contribution in [3.05, 3.63) is 83.4 Å². The van der Waals surface area contributed by atoms with Crippen LogP contribution >= 0.6 is 11.8 Å². The maximum absolute atomic E-state index is 13.3. The Morgan fingerprint density at radius 1 is 1.06 bits per heavy atom. The second-order valence-corrected chi connectivity index (χ2v) is 9.69. The van der Waals surface area contributed by atoms with Gasteiger partial charge < -0.3 is 14.8 Å². The molecule has 2 aliphatic heterocycles. The van der Waals surface area contributed by atoms with Gasteiger partial charge in [-0.05, 0) is 55.3 Å². The lowest BCUT2D eigenvalue weighted by atomic mass is 10.1. The first-order valence-electron chi connectivity index (χ1n) is 11.3. The molecule has 0 aromatic heterocycles. The lowest BCUT2D eigenvalue weighted by Gasteiger charge is -2.32. The molecule has 7 nitrogen and oxygen atoms in total. The second-order valence-electron chi connectivity index (χ2n) is 8.52. The zero-order chi connectivity index (χ0) is 24.4. The van der Waals surface area contributed by atoms with Crippen molar-refractivity contribution < 1.29 is 19.1 Å². The summed E-state index contributed by atoms with van der Waals surface area (Å²) in [5, 5.41) is 2.90. The number of nitrogens with zero attached hydrogens (tertiary/aromatic N) is 2. The van der Waals surface area contributed by atoms with Gasteiger partial charge in [-0.3, -0.25) is 14.5 Å². The Kier molecular flexibility index (Phi) is 6.46. The minimum Gasteiger partial charge on any atom is -0.454 e. The van der Waals surface area contributed by atoms with Crippen LogP contribution in [0, 0.1) is 13.8 Å². The number of aliphatic imine (C=N–C) groups is 1. The number of amides is 2. The number of hydrogen-bond acceptors (Lipinski definition) is 6. The zero-order valence-electron chi connectivity index (χ0n) is 19.5. The summed E-state index contributed by atoms with van der Waals surface area (Å²) in [7, 11) is 0. The normalized spacial score (nSPS) is 18.1. The third-order valence-corrected chi connectivity index (χ3v) is 7.02. The van der Waals surface area contributed by atoms with Gasteiger partial charge >= 0.3 is 0 Å². The van der Waals surface area contributed by atoms with Crippen LogP contribution in [0.15, 0.2) is 71.7 Å². The average Bonchev–Trinajstić information content (AvgIpc) is 3.31. The van der Waals surface area contributed by atoms with Crippen LogP contribution in [0.2, 0.25) is 0 Å². The summed E-state index contributed by atoms with van der Waals surface area (Å²) >= 11 is 1.31. The third kappa shape index (κ3) is 5.17. The fourth-order valence-corrected chi connectivity index (χ4v) is 5.10. The molecule has 3 aromatic carbocycles. The van der Waals surface area contributed by atoms with Gasteiger partial charge in [0.25, 0.3) is 0 Å². The zero-order valence-corrected chi connectivity index (χ0v) is 20.3. The fraction of sp³-hybridized carbons (Fsp3) is 0.222. The molecule has 1 N–H and O–H groups in total.